The fraction of sp³-hybridized carbons (Fsp3) is 0.625. The maximum atomic E-state index is 12.3. The van der Waals surface area contributed by atoms with E-state index in [1.165, 1.54) is 0 Å². The van der Waals surface area contributed by atoms with Gasteiger partial charge in [-0.05, 0) is 12.5 Å². The second-order valence-electron chi connectivity index (χ2n) is 6.63. The van der Waals surface area contributed by atoms with E-state index >= 15 is 0 Å². The number of likely N-dealkylation sites (tertiary alicyclic amines) is 1. The molecule has 0 bridgehead atoms. The van der Waals surface area contributed by atoms with Crippen molar-refractivity contribution in [3.05, 3.63) is 18.5 Å². The number of piperazine rings is 1. The van der Waals surface area contributed by atoms with E-state index in [1.807, 2.05) is 11.0 Å². The Hall–Kier alpha value is -2.22. The number of carbonyl (C=O) groups is 2. The molecular formula is C16H22N6O2. The summed E-state index contributed by atoms with van der Waals surface area (Å²) in [6.07, 6.45) is 4.64. The minimum absolute atomic E-state index is 0.00956. The predicted molar refractivity (Wildman–Crippen MR) is 87.4 cm³/mol. The second-order valence-corrected chi connectivity index (χ2v) is 6.63. The minimum atomic E-state index is -0.300. The van der Waals surface area contributed by atoms with E-state index in [1.54, 1.807) is 12.4 Å². The van der Waals surface area contributed by atoms with Gasteiger partial charge in [-0.1, -0.05) is 0 Å². The SMILES string of the molecule is O=C1CCC(C(=O)N2CC(N3CCN(c4ncccn4)CC3)C2)N1. The molecule has 1 atom stereocenters. The van der Waals surface area contributed by atoms with Crippen molar-refractivity contribution < 1.29 is 9.59 Å². The number of aromatic nitrogens is 2. The molecule has 2 amide bonds. The molecule has 0 saturated carbocycles. The Labute approximate surface area is 140 Å². The Kier molecular flexibility index (Phi) is 4.05. The molecule has 8 heteroatoms. The van der Waals surface area contributed by atoms with E-state index < -0.39 is 0 Å². The van der Waals surface area contributed by atoms with Crippen molar-refractivity contribution in [1.82, 2.24) is 25.1 Å². The van der Waals surface area contributed by atoms with Gasteiger partial charge in [0.15, 0.2) is 0 Å². The Balaban J connectivity index is 1.24. The van der Waals surface area contributed by atoms with Crippen LogP contribution in [0.5, 0.6) is 0 Å². The molecule has 8 nitrogen and oxygen atoms in total. The molecule has 3 aliphatic rings. The van der Waals surface area contributed by atoms with E-state index in [0.29, 0.717) is 18.9 Å². The topological polar surface area (TPSA) is 81.7 Å². The smallest absolute Gasteiger partial charge is 0.245 e. The standard InChI is InChI=1S/C16H22N6O2/c23-14-3-2-13(19-14)15(24)22-10-12(11-22)20-6-8-21(9-7-20)16-17-4-1-5-18-16/h1,4-5,12-13H,2-3,6-11H2,(H,19,23). The van der Waals surface area contributed by atoms with Crippen LogP contribution in [-0.4, -0.2) is 82.9 Å². The molecule has 3 fully saturated rings. The van der Waals surface area contributed by atoms with Crippen LogP contribution < -0.4 is 10.2 Å². The summed E-state index contributed by atoms with van der Waals surface area (Å²) >= 11 is 0. The Bertz CT molecular complexity index is 610. The molecule has 0 spiro atoms. The first-order valence-electron chi connectivity index (χ1n) is 8.55. The number of nitrogens with one attached hydrogen (secondary N) is 1. The van der Waals surface area contributed by atoms with Gasteiger partial charge in [0.25, 0.3) is 0 Å². The van der Waals surface area contributed by atoms with Crippen LogP contribution >= 0.6 is 0 Å². The average Bonchev–Trinajstić information content (AvgIpc) is 3.01. The summed E-state index contributed by atoms with van der Waals surface area (Å²) < 4.78 is 0. The molecule has 1 N–H and O–H groups in total. The van der Waals surface area contributed by atoms with Gasteiger partial charge < -0.3 is 15.1 Å². The number of rotatable bonds is 3. The third kappa shape index (κ3) is 2.93. The van der Waals surface area contributed by atoms with E-state index in [2.05, 4.69) is 25.1 Å². The number of anilines is 1. The van der Waals surface area contributed by atoms with Crippen LogP contribution in [-0.2, 0) is 9.59 Å². The largest absolute Gasteiger partial charge is 0.344 e. The highest BCUT2D eigenvalue weighted by molar-refractivity contribution is 5.91. The zero-order valence-corrected chi connectivity index (χ0v) is 13.6. The average molecular weight is 330 g/mol. The first-order valence-corrected chi connectivity index (χ1v) is 8.55. The first-order chi connectivity index (χ1) is 11.7. The maximum absolute atomic E-state index is 12.3. The van der Waals surface area contributed by atoms with Gasteiger partial charge in [0, 0.05) is 64.1 Å². The summed E-state index contributed by atoms with van der Waals surface area (Å²) in [4.78, 5) is 38.7. The van der Waals surface area contributed by atoms with E-state index in [4.69, 9.17) is 0 Å². The van der Waals surface area contributed by atoms with Gasteiger partial charge in [0.2, 0.25) is 17.8 Å². The quantitative estimate of drug-likeness (QED) is 0.773. The fourth-order valence-electron chi connectivity index (χ4n) is 3.63. The van der Waals surface area contributed by atoms with Crippen molar-refractivity contribution in [3.8, 4) is 0 Å². The summed E-state index contributed by atoms with van der Waals surface area (Å²) in [6, 6.07) is 1.96. The lowest BCUT2D eigenvalue weighted by Crippen LogP contribution is -2.66. The van der Waals surface area contributed by atoms with Crippen molar-refractivity contribution in [3.63, 3.8) is 0 Å². The molecule has 0 radical (unpaired) electrons. The van der Waals surface area contributed by atoms with Crippen LogP contribution in [0, 0.1) is 0 Å². The maximum Gasteiger partial charge on any atom is 0.245 e. The monoisotopic (exact) mass is 330 g/mol. The molecule has 3 saturated heterocycles. The normalized spacial score (nSPS) is 25.5. The molecule has 3 aliphatic heterocycles. The Morgan fingerprint density at radius 2 is 1.83 bits per heavy atom. The Morgan fingerprint density at radius 1 is 1.12 bits per heavy atom. The molecule has 0 aliphatic carbocycles. The van der Waals surface area contributed by atoms with Gasteiger partial charge in [0.1, 0.15) is 6.04 Å². The molecule has 128 valence electrons. The van der Waals surface area contributed by atoms with Crippen LogP contribution in [0.25, 0.3) is 0 Å². The van der Waals surface area contributed by atoms with Gasteiger partial charge in [-0.25, -0.2) is 9.97 Å². The lowest BCUT2D eigenvalue weighted by Gasteiger charge is -2.48. The number of hydrogen-bond acceptors (Lipinski definition) is 6. The molecule has 4 heterocycles. The molecule has 4 rings (SSSR count). The molecule has 24 heavy (non-hydrogen) atoms. The number of nitrogens with zero attached hydrogens (tertiary/aromatic N) is 5. The van der Waals surface area contributed by atoms with Gasteiger partial charge in [-0.2, -0.15) is 0 Å². The highest BCUT2D eigenvalue weighted by Crippen LogP contribution is 2.21. The van der Waals surface area contributed by atoms with Gasteiger partial charge in [-0.15, -0.1) is 0 Å². The summed E-state index contributed by atoms with van der Waals surface area (Å²) in [5.74, 6) is 0.859. The molecular weight excluding hydrogens is 308 g/mol. The zero-order chi connectivity index (χ0) is 16.5. The van der Waals surface area contributed by atoms with E-state index in [-0.39, 0.29) is 17.9 Å². The minimum Gasteiger partial charge on any atom is -0.344 e. The second kappa shape index (κ2) is 6.35. The van der Waals surface area contributed by atoms with Crippen molar-refractivity contribution in [2.75, 3.05) is 44.2 Å². The van der Waals surface area contributed by atoms with Crippen LogP contribution in [0.2, 0.25) is 0 Å². The summed E-state index contributed by atoms with van der Waals surface area (Å²) in [5, 5.41) is 2.76. The molecule has 1 unspecified atom stereocenters. The van der Waals surface area contributed by atoms with Crippen molar-refractivity contribution in [2.45, 2.75) is 24.9 Å². The summed E-state index contributed by atoms with van der Waals surface area (Å²) in [7, 11) is 0. The predicted octanol–water partition coefficient (Wildman–Crippen LogP) is -0.912. The van der Waals surface area contributed by atoms with E-state index in [0.717, 1.165) is 45.2 Å². The molecule has 1 aromatic heterocycles. The lowest BCUT2D eigenvalue weighted by atomic mass is 10.0. The van der Waals surface area contributed by atoms with Gasteiger partial charge in [-0.3, -0.25) is 14.5 Å². The summed E-state index contributed by atoms with van der Waals surface area (Å²) in [5.41, 5.74) is 0. The highest BCUT2D eigenvalue weighted by Gasteiger charge is 2.40. The fourth-order valence-corrected chi connectivity index (χ4v) is 3.63. The van der Waals surface area contributed by atoms with Crippen LogP contribution in [0.15, 0.2) is 18.5 Å². The van der Waals surface area contributed by atoms with Crippen molar-refractivity contribution in [2.24, 2.45) is 0 Å². The third-order valence-corrected chi connectivity index (χ3v) is 5.13. The lowest BCUT2D eigenvalue weighted by molar-refractivity contribution is -0.141. The summed E-state index contributed by atoms with van der Waals surface area (Å²) in [6.45, 7) is 5.29. The highest BCUT2D eigenvalue weighted by atomic mass is 16.2. The van der Waals surface area contributed by atoms with Crippen molar-refractivity contribution in [1.29, 1.82) is 0 Å². The zero-order valence-electron chi connectivity index (χ0n) is 13.6. The molecule has 1 aromatic rings. The van der Waals surface area contributed by atoms with Crippen molar-refractivity contribution >= 4 is 17.8 Å². The third-order valence-electron chi connectivity index (χ3n) is 5.13. The first kappa shape index (κ1) is 15.3. The van der Waals surface area contributed by atoms with Gasteiger partial charge in [0.05, 0.1) is 0 Å². The van der Waals surface area contributed by atoms with Crippen LogP contribution in [0.3, 0.4) is 0 Å². The van der Waals surface area contributed by atoms with Crippen LogP contribution in [0.1, 0.15) is 12.8 Å². The Morgan fingerprint density at radius 3 is 2.46 bits per heavy atom. The van der Waals surface area contributed by atoms with E-state index in [9.17, 15) is 9.59 Å². The molecule has 0 aromatic carbocycles. The van der Waals surface area contributed by atoms with Gasteiger partial charge >= 0.3 is 0 Å². The van der Waals surface area contributed by atoms with Crippen LogP contribution in [0.4, 0.5) is 5.95 Å². The number of hydrogen-bond donors (Lipinski definition) is 1. The number of amides is 2. The number of carbonyl (C=O) groups excluding carboxylic acids is 2.